The number of anilines is 1. The van der Waals surface area contributed by atoms with Crippen LogP contribution in [-0.2, 0) is 0 Å². The van der Waals surface area contributed by atoms with Crippen LogP contribution >= 0.6 is 0 Å². The second kappa shape index (κ2) is 4.15. The molecule has 0 saturated heterocycles. The normalized spacial score (nSPS) is 17.7. The summed E-state index contributed by atoms with van der Waals surface area (Å²) in [6.07, 6.45) is 1.82. The number of carbonyl (C=O) groups excluding carboxylic acids is 1. The lowest BCUT2D eigenvalue weighted by atomic mass is 10.1. The van der Waals surface area contributed by atoms with Crippen LogP contribution in [-0.4, -0.2) is 5.91 Å². The molecule has 0 radical (unpaired) electrons. The largest absolute Gasteiger partial charge is 0.297 e. The smallest absolute Gasteiger partial charge is 0.259 e. The second-order valence-corrected chi connectivity index (χ2v) is 4.28. The molecule has 1 heterocycles. The van der Waals surface area contributed by atoms with E-state index in [9.17, 15) is 4.79 Å². The molecule has 1 atom stereocenters. The predicted molar refractivity (Wildman–Crippen MR) is 72.6 cm³/mol. The number of amides is 1. The Hall–Kier alpha value is -2.35. The first-order chi connectivity index (χ1) is 8.83. The number of hydrogen-bond donors (Lipinski definition) is 0. The Morgan fingerprint density at radius 1 is 1.00 bits per heavy atom. The van der Waals surface area contributed by atoms with Gasteiger partial charge in [-0.25, -0.2) is 0 Å². The first-order valence-electron chi connectivity index (χ1n) is 5.93. The van der Waals surface area contributed by atoms with Crippen LogP contribution in [0.3, 0.4) is 0 Å². The fraction of sp³-hybridized carbons (Fsp3) is 0.0625. The molecule has 2 aromatic carbocycles. The lowest BCUT2D eigenvalue weighted by Gasteiger charge is -2.22. The summed E-state index contributed by atoms with van der Waals surface area (Å²) in [6.45, 7) is 3.86. The Kier molecular flexibility index (Phi) is 2.49. The maximum atomic E-state index is 12.4. The van der Waals surface area contributed by atoms with E-state index in [4.69, 9.17) is 0 Å². The molecule has 2 nitrogen and oxygen atoms in total. The van der Waals surface area contributed by atoms with Gasteiger partial charge in [-0.3, -0.25) is 9.69 Å². The monoisotopic (exact) mass is 235 g/mol. The van der Waals surface area contributed by atoms with Crippen molar-refractivity contribution in [2.24, 2.45) is 0 Å². The van der Waals surface area contributed by atoms with E-state index in [2.05, 4.69) is 6.58 Å². The minimum absolute atomic E-state index is 0.0432. The van der Waals surface area contributed by atoms with Crippen molar-refractivity contribution in [1.82, 2.24) is 0 Å². The van der Waals surface area contributed by atoms with Crippen molar-refractivity contribution in [2.45, 2.75) is 6.04 Å². The van der Waals surface area contributed by atoms with E-state index in [1.54, 1.807) is 4.90 Å². The summed E-state index contributed by atoms with van der Waals surface area (Å²) in [5, 5.41) is 0. The Morgan fingerprint density at radius 2 is 1.67 bits per heavy atom. The Morgan fingerprint density at radius 3 is 2.39 bits per heavy atom. The molecule has 0 aromatic heterocycles. The summed E-state index contributed by atoms with van der Waals surface area (Å²) in [7, 11) is 0. The lowest BCUT2D eigenvalue weighted by molar-refractivity contribution is 0.0994. The van der Waals surface area contributed by atoms with Gasteiger partial charge >= 0.3 is 0 Å². The molecule has 0 aliphatic carbocycles. The number of nitrogens with zero attached hydrogens (tertiary/aromatic N) is 1. The molecule has 0 spiro atoms. The van der Waals surface area contributed by atoms with Crippen molar-refractivity contribution >= 4 is 11.6 Å². The van der Waals surface area contributed by atoms with Gasteiger partial charge in [0.25, 0.3) is 5.91 Å². The summed E-state index contributed by atoms with van der Waals surface area (Å²) in [4.78, 5) is 14.2. The maximum Gasteiger partial charge on any atom is 0.259 e. The highest BCUT2D eigenvalue weighted by Crippen LogP contribution is 2.37. The van der Waals surface area contributed by atoms with Crippen LogP contribution in [0.4, 0.5) is 5.69 Å². The predicted octanol–water partition coefficient (Wildman–Crippen LogP) is 3.57. The SMILES string of the molecule is C=CC1c2ccccc2C(=O)N1c1ccccc1. The molecule has 0 N–H and O–H groups in total. The first kappa shape index (κ1) is 10.8. The first-order valence-corrected chi connectivity index (χ1v) is 5.93. The molecule has 3 rings (SSSR count). The summed E-state index contributed by atoms with van der Waals surface area (Å²) >= 11 is 0. The highest BCUT2D eigenvalue weighted by Gasteiger charge is 2.35. The molecule has 1 unspecified atom stereocenters. The maximum absolute atomic E-state index is 12.4. The molecule has 2 heteroatoms. The standard InChI is InChI=1S/C16H13NO/c1-2-15-13-10-6-7-11-14(13)16(18)17(15)12-8-4-3-5-9-12/h2-11,15H,1H2. The van der Waals surface area contributed by atoms with Crippen molar-refractivity contribution in [2.75, 3.05) is 4.90 Å². The second-order valence-electron chi connectivity index (χ2n) is 4.28. The summed E-state index contributed by atoms with van der Waals surface area (Å²) in [6, 6.07) is 17.3. The molecule has 0 fully saturated rings. The summed E-state index contributed by atoms with van der Waals surface area (Å²) in [5.41, 5.74) is 2.70. The zero-order valence-electron chi connectivity index (χ0n) is 9.91. The van der Waals surface area contributed by atoms with Gasteiger partial charge in [0.05, 0.1) is 6.04 Å². The highest BCUT2D eigenvalue weighted by atomic mass is 16.2. The van der Waals surface area contributed by atoms with Crippen molar-refractivity contribution in [3.05, 3.63) is 78.4 Å². The minimum Gasteiger partial charge on any atom is -0.297 e. The molecule has 0 saturated carbocycles. The average molecular weight is 235 g/mol. The van der Waals surface area contributed by atoms with E-state index in [0.29, 0.717) is 0 Å². The molecule has 1 aliphatic heterocycles. The van der Waals surface area contributed by atoms with Crippen molar-refractivity contribution in [1.29, 1.82) is 0 Å². The van der Waals surface area contributed by atoms with Crippen LogP contribution in [0.1, 0.15) is 22.0 Å². The van der Waals surface area contributed by atoms with Gasteiger partial charge in [-0.2, -0.15) is 0 Å². The van der Waals surface area contributed by atoms with E-state index in [-0.39, 0.29) is 11.9 Å². The molecule has 2 aromatic rings. The van der Waals surface area contributed by atoms with Crippen LogP contribution in [0.25, 0.3) is 0 Å². The number of benzene rings is 2. The topological polar surface area (TPSA) is 20.3 Å². The number of rotatable bonds is 2. The van der Waals surface area contributed by atoms with Crippen molar-refractivity contribution in [3.63, 3.8) is 0 Å². The van der Waals surface area contributed by atoms with Crippen LogP contribution in [0, 0.1) is 0 Å². The van der Waals surface area contributed by atoms with E-state index < -0.39 is 0 Å². The van der Waals surface area contributed by atoms with Crippen molar-refractivity contribution < 1.29 is 4.79 Å². The molecular weight excluding hydrogens is 222 g/mol. The highest BCUT2D eigenvalue weighted by molar-refractivity contribution is 6.11. The van der Waals surface area contributed by atoms with Crippen LogP contribution in [0.2, 0.25) is 0 Å². The number of carbonyl (C=O) groups is 1. The molecule has 18 heavy (non-hydrogen) atoms. The zero-order chi connectivity index (χ0) is 12.5. The molecule has 1 aliphatic rings. The van der Waals surface area contributed by atoms with Gasteiger partial charge in [0.2, 0.25) is 0 Å². The van der Waals surface area contributed by atoms with Gasteiger partial charge in [0, 0.05) is 11.3 Å². The van der Waals surface area contributed by atoms with Gasteiger partial charge in [-0.1, -0.05) is 42.5 Å². The van der Waals surface area contributed by atoms with Gasteiger partial charge in [0.15, 0.2) is 0 Å². The third-order valence-electron chi connectivity index (χ3n) is 3.26. The third-order valence-corrected chi connectivity index (χ3v) is 3.26. The van der Waals surface area contributed by atoms with E-state index in [1.807, 2.05) is 60.7 Å². The zero-order valence-corrected chi connectivity index (χ0v) is 9.91. The van der Waals surface area contributed by atoms with Gasteiger partial charge < -0.3 is 0 Å². The molecule has 1 amide bonds. The molecular formula is C16H13NO. The van der Waals surface area contributed by atoms with Gasteiger partial charge in [-0.05, 0) is 23.8 Å². The Labute approximate surface area is 106 Å². The van der Waals surface area contributed by atoms with E-state index >= 15 is 0 Å². The Bertz CT molecular complexity index is 604. The lowest BCUT2D eigenvalue weighted by Crippen LogP contribution is -2.26. The molecule has 88 valence electrons. The van der Waals surface area contributed by atoms with E-state index in [1.165, 1.54) is 0 Å². The van der Waals surface area contributed by atoms with Crippen molar-refractivity contribution in [3.8, 4) is 0 Å². The van der Waals surface area contributed by atoms with Crippen LogP contribution in [0.5, 0.6) is 0 Å². The number of hydrogen-bond acceptors (Lipinski definition) is 1. The summed E-state index contributed by atoms with van der Waals surface area (Å²) < 4.78 is 0. The van der Waals surface area contributed by atoms with E-state index in [0.717, 1.165) is 16.8 Å². The summed E-state index contributed by atoms with van der Waals surface area (Å²) in [5.74, 6) is 0.0432. The number of fused-ring (bicyclic) bond motifs is 1. The van der Waals surface area contributed by atoms with Gasteiger partial charge in [-0.15, -0.1) is 6.58 Å². The van der Waals surface area contributed by atoms with Crippen LogP contribution < -0.4 is 4.90 Å². The number of para-hydroxylation sites is 1. The average Bonchev–Trinajstić information content (AvgIpc) is 2.73. The fourth-order valence-corrected chi connectivity index (χ4v) is 2.44. The minimum atomic E-state index is -0.0731. The third kappa shape index (κ3) is 1.46. The quantitative estimate of drug-likeness (QED) is 0.729. The molecule has 0 bridgehead atoms. The Balaban J connectivity index is 2.14. The fourth-order valence-electron chi connectivity index (χ4n) is 2.44. The van der Waals surface area contributed by atoms with Crippen LogP contribution in [0.15, 0.2) is 67.3 Å². The van der Waals surface area contributed by atoms with Gasteiger partial charge in [0.1, 0.15) is 0 Å².